The summed E-state index contributed by atoms with van der Waals surface area (Å²) in [6.07, 6.45) is 9.50. The van der Waals surface area contributed by atoms with Crippen LogP contribution in [0.4, 0.5) is 0 Å². The van der Waals surface area contributed by atoms with Gasteiger partial charge in [-0.3, -0.25) is 4.55 Å². The first-order valence-electron chi connectivity index (χ1n) is 11.4. The molecule has 1 aliphatic heterocycles. The Labute approximate surface area is 192 Å². The Morgan fingerprint density at radius 2 is 1.87 bits per heavy atom. The second-order valence-electron chi connectivity index (χ2n) is 9.28. The standard InChI is InChI=1S/C23H37BrN2O3S/c1-17(2)29-22-7-8-23(24)20(16-22)15-19-10-13-26(14-11-19)12-9-18-3-5-21(6-4-18)25-30(27)28/h7-8,16-19,21,25H,3-6,9-15H2,1-2H3,(H,27,28). The lowest BCUT2D eigenvalue weighted by molar-refractivity contribution is 0.164. The summed E-state index contributed by atoms with van der Waals surface area (Å²) in [5.41, 5.74) is 1.36. The van der Waals surface area contributed by atoms with Gasteiger partial charge in [0, 0.05) is 10.5 Å². The highest BCUT2D eigenvalue weighted by Crippen LogP contribution is 2.31. The van der Waals surface area contributed by atoms with Gasteiger partial charge < -0.3 is 9.64 Å². The zero-order valence-corrected chi connectivity index (χ0v) is 20.7. The Hall–Kier alpha value is -0.470. The summed E-state index contributed by atoms with van der Waals surface area (Å²) in [5, 5.41) is 0. The molecular formula is C23H37BrN2O3S. The number of hydrogen-bond acceptors (Lipinski definition) is 3. The van der Waals surface area contributed by atoms with Gasteiger partial charge in [-0.2, -0.15) is 0 Å². The molecule has 3 rings (SSSR count). The van der Waals surface area contributed by atoms with E-state index in [1.807, 2.05) is 6.07 Å². The molecule has 2 N–H and O–H groups in total. The topological polar surface area (TPSA) is 61.8 Å². The molecule has 5 nitrogen and oxygen atoms in total. The maximum atomic E-state index is 10.9. The Balaban J connectivity index is 1.37. The summed E-state index contributed by atoms with van der Waals surface area (Å²) < 4.78 is 29.7. The summed E-state index contributed by atoms with van der Waals surface area (Å²) in [6.45, 7) is 7.73. The van der Waals surface area contributed by atoms with E-state index < -0.39 is 11.3 Å². The second kappa shape index (κ2) is 12.0. The molecule has 0 radical (unpaired) electrons. The molecule has 1 aromatic carbocycles. The minimum Gasteiger partial charge on any atom is -0.491 e. The van der Waals surface area contributed by atoms with Crippen molar-refractivity contribution in [1.29, 1.82) is 0 Å². The number of nitrogens with one attached hydrogen (secondary N) is 1. The molecule has 1 aromatic rings. The van der Waals surface area contributed by atoms with Gasteiger partial charge in [-0.05, 0) is 120 Å². The number of benzene rings is 1. The molecule has 0 spiro atoms. The number of ether oxygens (including phenoxy) is 1. The van der Waals surface area contributed by atoms with Gasteiger partial charge in [0.1, 0.15) is 5.75 Å². The molecule has 0 bridgehead atoms. The molecule has 0 aromatic heterocycles. The molecule has 1 saturated heterocycles. The fourth-order valence-corrected chi connectivity index (χ4v) is 5.78. The first-order valence-corrected chi connectivity index (χ1v) is 13.3. The van der Waals surface area contributed by atoms with E-state index in [4.69, 9.17) is 9.29 Å². The Bertz CT molecular complexity index is 687. The van der Waals surface area contributed by atoms with Crippen LogP contribution in [0.5, 0.6) is 5.75 Å². The van der Waals surface area contributed by atoms with E-state index in [0.717, 1.165) is 36.8 Å². The average molecular weight is 502 g/mol. The van der Waals surface area contributed by atoms with Gasteiger partial charge in [0.2, 0.25) is 11.3 Å². The Morgan fingerprint density at radius 1 is 1.17 bits per heavy atom. The molecule has 0 amide bonds. The van der Waals surface area contributed by atoms with Crippen molar-refractivity contribution in [2.24, 2.45) is 11.8 Å². The maximum Gasteiger partial charge on any atom is 0.231 e. The normalized spacial score (nSPS) is 24.8. The lowest BCUT2D eigenvalue weighted by Crippen LogP contribution is -2.37. The van der Waals surface area contributed by atoms with E-state index in [9.17, 15) is 4.21 Å². The minimum absolute atomic E-state index is 0.201. The molecule has 7 heteroatoms. The summed E-state index contributed by atoms with van der Waals surface area (Å²) in [6, 6.07) is 6.58. The van der Waals surface area contributed by atoms with Crippen LogP contribution in [0, 0.1) is 11.8 Å². The fraction of sp³-hybridized carbons (Fsp3) is 0.739. The third-order valence-electron chi connectivity index (χ3n) is 6.57. The lowest BCUT2D eigenvalue weighted by Gasteiger charge is -2.34. The predicted octanol–water partition coefficient (Wildman–Crippen LogP) is 5.17. The summed E-state index contributed by atoms with van der Waals surface area (Å²) in [5.74, 6) is 2.48. The molecule has 30 heavy (non-hydrogen) atoms. The van der Waals surface area contributed by atoms with Crippen LogP contribution in [0.3, 0.4) is 0 Å². The van der Waals surface area contributed by atoms with Crippen molar-refractivity contribution in [3.63, 3.8) is 0 Å². The smallest absolute Gasteiger partial charge is 0.231 e. The maximum absolute atomic E-state index is 10.9. The van der Waals surface area contributed by atoms with Crippen LogP contribution in [0.15, 0.2) is 22.7 Å². The van der Waals surface area contributed by atoms with Crippen molar-refractivity contribution in [1.82, 2.24) is 9.62 Å². The van der Waals surface area contributed by atoms with Crippen molar-refractivity contribution in [2.75, 3.05) is 19.6 Å². The van der Waals surface area contributed by atoms with Crippen LogP contribution in [0.1, 0.15) is 64.4 Å². The van der Waals surface area contributed by atoms with E-state index in [0.29, 0.717) is 0 Å². The third kappa shape index (κ3) is 7.90. The van der Waals surface area contributed by atoms with E-state index in [2.05, 4.69) is 51.5 Å². The van der Waals surface area contributed by atoms with Crippen molar-refractivity contribution in [3.8, 4) is 5.75 Å². The summed E-state index contributed by atoms with van der Waals surface area (Å²) in [4.78, 5) is 2.64. The fourth-order valence-electron chi connectivity index (χ4n) is 4.85. The summed E-state index contributed by atoms with van der Waals surface area (Å²) in [7, 11) is 0. The van der Waals surface area contributed by atoms with Crippen LogP contribution in [-0.4, -0.2) is 45.4 Å². The van der Waals surface area contributed by atoms with E-state index in [1.165, 1.54) is 61.8 Å². The summed E-state index contributed by atoms with van der Waals surface area (Å²) >= 11 is 1.85. The van der Waals surface area contributed by atoms with Gasteiger partial charge in [0.05, 0.1) is 6.10 Å². The van der Waals surface area contributed by atoms with Crippen LogP contribution in [0.2, 0.25) is 0 Å². The third-order valence-corrected chi connectivity index (χ3v) is 7.88. The Morgan fingerprint density at radius 3 is 2.50 bits per heavy atom. The second-order valence-corrected chi connectivity index (χ2v) is 10.9. The van der Waals surface area contributed by atoms with E-state index in [-0.39, 0.29) is 12.1 Å². The quantitative estimate of drug-likeness (QED) is 0.459. The van der Waals surface area contributed by atoms with E-state index in [1.54, 1.807) is 0 Å². The van der Waals surface area contributed by atoms with Crippen molar-refractivity contribution in [3.05, 3.63) is 28.2 Å². The average Bonchev–Trinajstić information content (AvgIpc) is 2.70. The predicted molar refractivity (Wildman–Crippen MR) is 127 cm³/mol. The molecule has 1 saturated carbocycles. The number of halogens is 1. The molecule has 170 valence electrons. The molecule has 2 fully saturated rings. The Kier molecular flexibility index (Phi) is 9.63. The number of piperidine rings is 1. The molecule has 1 aliphatic carbocycles. The molecular weight excluding hydrogens is 464 g/mol. The highest BCUT2D eigenvalue weighted by molar-refractivity contribution is 9.10. The largest absolute Gasteiger partial charge is 0.491 e. The van der Waals surface area contributed by atoms with Gasteiger partial charge in [-0.25, -0.2) is 8.93 Å². The van der Waals surface area contributed by atoms with Gasteiger partial charge in [-0.1, -0.05) is 15.9 Å². The van der Waals surface area contributed by atoms with Crippen LogP contribution in [-0.2, 0) is 17.7 Å². The lowest BCUT2D eigenvalue weighted by atomic mass is 9.84. The van der Waals surface area contributed by atoms with Crippen LogP contribution < -0.4 is 9.46 Å². The highest BCUT2D eigenvalue weighted by atomic mass is 79.9. The van der Waals surface area contributed by atoms with Crippen LogP contribution in [0.25, 0.3) is 0 Å². The molecule has 1 heterocycles. The van der Waals surface area contributed by atoms with Crippen LogP contribution >= 0.6 is 15.9 Å². The highest BCUT2D eigenvalue weighted by Gasteiger charge is 2.24. The minimum atomic E-state index is -1.87. The van der Waals surface area contributed by atoms with Crippen molar-refractivity contribution >= 4 is 27.2 Å². The monoisotopic (exact) mass is 500 g/mol. The van der Waals surface area contributed by atoms with Gasteiger partial charge in [0.15, 0.2) is 0 Å². The van der Waals surface area contributed by atoms with Crippen molar-refractivity contribution < 1.29 is 13.5 Å². The van der Waals surface area contributed by atoms with E-state index >= 15 is 0 Å². The van der Waals surface area contributed by atoms with Gasteiger partial charge >= 0.3 is 0 Å². The SMILES string of the molecule is CC(C)Oc1ccc(Br)c(CC2CCN(CCC3CCC(NS(=O)O)CC3)CC2)c1. The van der Waals surface area contributed by atoms with Gasteiger partial charge in [-0.15, -0.1) is 0 Å². The zero-order valence-electron chi connectivity index (χ0n) is 18.3. The number of nitrogens with zero attached hydrogens (tertiary/aromatic N) is 1. The molecule has 1 unspecified atom stereocenters. The van der Waals surface area contributed by atoms with Gasteiger partial charge in [0.25, 0.3) is 0 Å². The molecule has 2 aliphatic rings. The number of likely N-dealkylation sites (tertiary alicyclic amines) is 1. The molecule has 1 atom stereocenters. The first-order chi connectivity index (χ1) is 14.4. The number of rotatable bonds is 9. The number of hydrogen-bond donors (Lipinski definition) is 2. The van der Waals surface area contributed by atoms with Crippen molar-refractivity contribution in [2.45, 2.75) is 77.4 Å². The zero-order chi connectivity index (χ0) is 21.5. The first kappa shape index (κ1) is 24.2.